The largest absolute Gasteiger partial charge is 0.566 e. The van der Waals surface area contributed by atoms with Crippen molar-refractivity contribution in [3.05, 3.63) is 40.6 Å². The molecule has 1 rings (SSSR count). The van der Waals surface area contributed by atoms with E-state index in [1.807, 2.05) is 24.3 Å². The van der Waals surface area contributed by atoms with Gasteiger partial charge >= 0.3 is 5.97 Å². The normalized spacial score (nSPS) is 14.0. The molecule has 6 heteroatoms. The van der Waals surface area contributed by atoms with Gasteiger partial charge in [-0.3, -0.25) is 4.79 Å². The standard InChI is InChI=1S/C15H23NO5/c1-11(2)10-13-4-6-14(7-5-13)12(3)15(17)20-8-9-21-16(18)19/h4-7,11-12,16,18H,8-10H2,1-3H3/t12-/m1/s1. The number of nitrogens with one attached hydrogen (secondary N) is 1. The molecule has 0 fully saturated rings. The summed E-state index contributed by atoms with van der Waals surface area (Å²) >= 11 is 0. The number of carbonyl (C=O) groups excluding carboxylic acids is 1. The molecule has 2 N–H and O–H groups in total. The molecule has 21 heavy (non-hydrogen) atoms. The van der Waals surface area contributed by atoms with Crippen LogP contribution in [-0.4, -0.2) is 24.4 Å². The van der Waals surface area contributed by atoms with Crippen molar-refractivity contribution in [1.29, 1.82) is 0 Å². The highest BCUT2D eigenvalue weighted by Gasteiger charge is 2.16. The predicted octanol–water partition coefficient (Wildman–Crippen LogP) is 1.24. The van der Waals surface area contributed by atoms with E-state index in [-0.39, 0.29) is 25.1 Å². The van der Waals surface area contributed by atoms with Crippen LogP contribution in [0.2, 0.25) is 0 Å². The van der Waals surface area contributed by atoms with Gasteiger partial charge in [0, 0.05) is 0 Å². The number of ether oxygens (including phenoxy) is 1. The van der Waals surface area contributed by atoms with Crippen LogP contribution in [0.1, 0.15) is 37.8 Å². The molecule has 0 heterocycles. The summed E-state index contributed by atoms with van der Waals surface area (Å²) in [6.45, 7) is 5.86. The summed E-state index contributed by atoms with van der Waals surface area (Å²) in [5, 5.41) is 17.1. The van der Waals surface area contributed by atoms with Crippen molar-refractivity contribution >= 4 is 5.97 Å². The SMILES string of the molecule is CC(C)Cc1ccc([C@@H](C)C(=O)OCCO[NH+]([O-])O)cc1. The van der Waals surface area contributed by atoms with Gasteiger partial charge in [-0.1, -0.05) is 43.5 Å². The Morgan fingerprint density at radius 2 is 1.86 bits per heavy atom. The van der Waals surface area contributed by atoms with Crippen molar-refractivity contribution in [2.75, 3.05) is 13.2 Å². The second-order valence-corrected chi connectivity index (χ2v) is 5.34. The Labute approximate surface area is 124 Å². The molecule has 1 aromatic carbocycles. The van der Waals surface area contributed by atoms with Crippen LogP contribution in [0.15, 0.2) is 24.3 Å². The fourth-order valence-electron chi connectivity index (χ4n) is 1.95. The second-order valence-electron chi connectivity index (χ2n) is 5.34. The Hall–Kier alpha value is -1.47. The average Bonchev–Trinajstić information content (AvgIpc) is 2.42. The number of carbonyl (C=O) groups is 1. The summed E-state index contributed by atoms with van der Waals surface area (Å²) < 4.78 is 4.98. The van der Waals surface area contributed by atoms with Gasteiger partial charge in [0.15, 0.2) is 0 Å². The first-order valence-electron chi connectivity index (χ1n) is 7.01. The van der Waals surface area contributed by atoms with Crippen LogP contribution in [0, 0.1) is 11.1 Å². The molecule has 2 atom stereocenters. The molecule has 0 saturated heterocycles. The zero-order valence-electron chi connectivity index (χ0n) is 12.7. The van der Waals surface area contributed by atoms with Gasteiger partial charge in [-0.15, -0.1) is 0 Å². The Bertz CT molecular complexity index is 430. The van der Waals surface area contributed by atoms with Gasteiger partial charge in [-0.25, -0.2) is 0 Å². The number of benzene rings is 1. The van der Waals surface area contributed by atoms with Crippen LogP contribution in [-0.2, 0) is 20.8 Å². The van der Waals surface area contributed by atoms with Gasteiger partial charge in [0.2, 0.25) is 0 Å². The fraction of sp³-hybridized carbons (Fsp3) is 0.533. The number of rotatable bonds is 8. The van der Waals surface area contributed by atoms with Crippen LogP contribution in [0.5, 0.6) is 0 Å². The average molecular weight is 297 g/mol. The van der Waals surface area contributed by atoms with E-state index >= 15 is 0 Å². The topological polar surface area (TPSA) is 83.3 Å². The molecule has 0 spiro atoms. The van der Waals surface area contributed by atoms with E-state index in [4.69, 9.17) is 9.94 Å². The zero-order valence-corrected chi connectivity index (χ0v) is 12.7. The summed E-state index contributed by atoms with van der Waals surface area (Å²) in [6.07, 6.45) is 1.01. The van der Waals surface area contributed by atoms with E-state index < -0.39 is 5.39 Å². The number of hydrogen-bond acceptors (Lipinski definition) is 5. The van der Waals surface area contributed by atoms with Crippen molar-refractivity contribution in [1.82, 2.24) is 0 Å². The predicted molar refractivity (Wildman–Crippen MR) is 76.4 cm³/mol. The number of quaternary nitrogens is 1. The summed E-state index contributed by atoms with van der Waals surface area (Å²) in [5.41, 5.74) is 2.12. The first-order valence-corrected chi connectivity index (χ1v) is 7.01. The van der Waals surface area contributed by atoms with Gasteiger partial charge in [0.05, 0.1) is 5.92 Å². The lowest BCUT2D eigenvalue weighted by molar-refractivity contribution is -1.21. The van der Waals surface area contributed by atoms with E-state index in [1.165, 1.54) is 5.56 Å². The van der Waals surface area contributed by atoms with E-state index in [0.29, 0.717) is 5.92 Å². The van der Waals surface area contributed by atoms with E-state index in [2.05, 4.69) is 18.7 Å². The van der Waals surface area contributed by atoms with Crippen LogP contribution in [0.4, 0.5) is 0 Å². The second kappa shape index (κ2) is 8.74. The molecule has 118 valence electrons. The molecule has 0 radical (unpaired) electrons. The van der Waals surface area contributed by atoms with Gasteiger partial charge in [0.25, 0.3) is 0 Å². The molecule has 6 nitrogen and oxygen atoms in total. The lowest BCUT2D eigenvalue weighted by atomic mass is 9.97. The molecule has 0 aliphatic carbocycles. The minimum atomic E-state index is -1.38. The van der Waals surface area contributed by atoms with Gasteiger partial charge in [-0.2, -0.15) is 10.0 Å². The molecule has 0 bridgehead atoms. The van der Waals surface area contributed by atoms with Crippen LogP contribution < -0.4 is 5.39 Å². The lowest BCUT2D eigenvalue weighted by Gasteiger charge is -2.14. The van der Waals surface area contributed by atoms with Crippen LogP contribution in [0.3, 0.4) is 0 Å². The summed E-state index contributed by atoms with van der Waals surface area (Å²) in [6, 6.07) is 7.90. The third-order valence-corrected chi connectivity index (χ3v) is 3.03. The molecular weight excluding hydrogens is 274 g/mol. The Morgan fingerprint density at radius 1 is 1.24 bits per heavy atom. The van der Waals surface area contributed by atoms with Gasteiger partial charge in [0.1, 0.15) is 13.2 Å². The highest BCUT2D eigenvalue weighted by atomic mass is 17.1. The molecule has 0 saturated carbocycles. The zero-order chi connectivity index (χ0) is 15.8. The molecule has 0 aliphatic heterocycles. The maximum atomic E-state index is 11.8. The van der Waals surface area contributed by atoms with Crippen LogP contribution in [0.25, 0.3) is 0 Å². The summed E-state index contributed by atoms with van der Waals surface area (Å²) in [5.74, 6) is -0.184. The monoisotopic (exact) mass is 297 g/mol. The van der Waals surface area contributed by atoms with Crippen molar-refractivity contribution in [3.8, 4) is 0 Å². The molecule has 0 aliphatic rings. The maximum absolute atomic E-state index is 11.8. The third-order valence-electron chi connectivity index (χ3n) is 3.03. The van der Waals surface area contributed by atoms with Crippen LogP contribution >= 0.6 is 0 Å². The van der Waals surface area contributed by atoms with Crippen molar-refractivity contribution in [2.24, 2.45) is 5.92 Å². The minimum Gasteiger partial charge on any atom is -0.566 e. The minimum absolute atomic E-state index is 0.0685. The van der Waals surface area contributed by atoms with E-state index in [1.54, 1.807) is 6.92 Å². The van der Waals surface area contributed by atoms with E-state index in [0.717, 1.165) is 12.0 Å². The Kier molecular flexibility index (Phi) is 7.31. The molecule has 0 aromatic heterocycles. The molecule has 0 amide bonds. The molecule has 1 unspecified atom stereocenters. The summed E-state index contributed by atoms with van der Waals surface area (Å²) in [7, 11) is 0. The Morgan fingerprint density at radius 3 is 2.38 bits per heavy atom. The van der Waals surface area contributed by atoms with Crippen molar-refractivity contribution in [3.63, 3.8) is 0 Å². The van der Waals surface area contributed by atoms with Crippen molar-refractivity contribution in [2.45, 2.75) is 33.1 Å². The van der Waals surface area contributed by atoms with Gasteiger partial charge < -0.3 is 9.94 Å². The van der Waals surface area contributed by atoms with Gasteiger partial charge in [-0.05, 0) is 30.4 Å². The maximum Gasteiger partial charge on any atom is 0.313 e. The number of hydrogen-bond donors (Lipinski definition) is 2. The highest BCUT2D eigenvalue weighted by Crippen LogP contribution is 2.18. The number of esters is 1. The molecular formula is C15H23NO5. The first-order chi connectivity index (χ1) is 9.90. The summed E-state index contributed by atoms with van der Waals surface area (Å²) in [4.78, 5) is 16.1. The fourth-order valence-corrected chi connectivity index (χ4v) is 1.95. The first kappa shape index (κ1) is 17.6. The Balaban J connectivity index is 2.46. The third kappa shape index (κ3) is 6.68. The highest BCUT2D eigenvalue weighted by molar-refractivity contribution is 5.77. The smallest absolute Gasteiger partial charge is 0.313 e. The molecule has 1 aromatic rings. The quantitative estimate of drug-likeness (QED) is 0.428. The lowest BCUT2D eigenvalue weighted by Crippen LogP contribution is -3.03. The van der Waals surface area contributed by atoms with Crippen molar-refractivity contribution < 1.29 is 25.0 Å². The van der Waals surface area contributed by atoms with E-state index in [9.17, 15) is 10.0 Å².